The van der Waals surface area contributed by atoms with Crippen LogP contribution in [0.2, 0.25) is 0 Å². The van der Waals surface area contributed by atoms with Gasteiger partial charge in [0.05, 0.1) is 17.0 Å². The lowest BCUT2D eigenvalue weighted by molar-refractivity contribution is -0.137. The van der Waals surface area contributed by atoms with E-state index in [1.54, 1.807) is 10.7 Å². The molecule has 0 radical (unpaired) electrons. The van der Waals surface area contributed by atoms with Crippen LogP contribution >= 0.6 is 0 Å². The van der Waals surface area contributed by atoms with E-state index < -0.39 is 17.8 Å². The van der Waals surface area contributed by atoms with E-state index in [9.17, 15) is 18.3 Å². The van der Waals surface area contributed by atoms with Crippen LogP contribution in [0.3, 0.4) is 0 Å². The van der Waals surface area contributed by atoms with Gasteiger partial charge in [-0.15, -0.1) is 0 Å². The number of hydrogen-bond donors (Lipinski definition) is 1. The van der Waals surface area contributed by atoms with Crippen molar-refractivity contribution in [3.05, 3.63) is 52.8 Å². The zero-order valence-electron chi connectivity index (χ0n) is 11.9. The maximum absolute atomic E-state index is 12.7. The molecule has 21 heavy (non-hydrogen) atoms. The molecular formula is C15H17F3N2O. The predicted octanol–water partition coefficient (Wildman–Crippen LogP) is 3.57. The third-order valence-electron chi connectivity index (χ3n) is 3.33. The minimum absolute atomic E-state index is 0.210. The summed E-state index contributed by atoms with van der Waals surface area (Å²) in [5, 5.41) is 14.7. The molecule has 1 aromatic heterocycles. The van der Waals surface area contributed by atoms with E-state index in [2.05, 4.69) is 5.10 Å². The number of rotatable bonds is 4. The Morgan fingerprint density at radius 3 is 2.52 bits per heavy atom. The van der Waals surface area contributed by atoms with E-state index >= 15 is 0 Å². The van der Waals surface area contributed by atoms with Crippen LogP contribution in [0.4, 0.5) is 13.2 Å². The normalized spacial score (nSPS) is 13.4. The monoisotopic (exact) mass is 298 g/mol. The molecular weight excluding hydrogens is 281 g/mol. The van der Waals surface area contributed by atoms with Crippen LogP contribution in [0.1, 0.15) is 42.5 Å². The standard InChI is InChI=1S/C15H17F3N2O/c1-3-12-9-13(20(4-2)19-12)14(21)10-6-5-7-11(8-10)15(16,17)18/h5-9,14,21H,3-4H2,1-2H3. The van der Waals surface area contributed by atoms with Crippen LogP contribution in [0.15, 0.2) is 30.3 Å². The summed E-state index contributed by atoms with van der Waals surface area (Å²) >= 11 is 0. The molecule has 2 aromatic rings. The van der Waals surface area contributed by atoms with E-state index in [1.165, 1.54) is 12.1 Å². The van der Waals surface area contributed by atoms with Gasteiger partial charge in [0.15, 0.2) is 0 Å². The fourth-order valence-corrected chi connectivity index (χ4v) is 2.19. The van der Waals surface area contributed by atoms with Gasteiger partial charge in [0.25, 0.3) is 0 Å². The number of benzene rings is 1. The Bertz CT molecular complexity index is 620. The highest BCUT2D eigenvalue weighted by Gasteiger charge is 2.31. The lowest BCUT2D eigenvalue weighted by atomic mass is 10.0. The highest BCUT2D eigenvalue weighted by Crippen LogP contribution is 2.32. The lowest BCUT2D eigenvalue weighted by Gasteiger charge is -2.14. The summed E-state index contributed by atoms with van der Waals surface area (Å²) in [6, 6.07) is 6.48. The van der Waals surface area contributed by atoms with Crippen LogP contribution in [-0.2, 0) is 19.1 Å². The summed E-state index contributed by atoms with van der Waals surface area (Å²) in [4.78, 5) is 0. The summed E-state index contributed by atoms with van der Waals surface area (Å²) in [7, 11) is 0. The minimum atomic E-state index is -4.42. The van der Waals surface area contributed by atoms with Crippen molar-refractivity contribution in [1.82, 2.24) is 9.78 Å². The van der Waals surface area contributed by atoms with Gasteiger partial charge in [-0.05, 0) is 37.1 Å². The second-order valence-electron chi connectivity index (χ2n) is 4.76. The Balaban J connectivity index is 2.40. The molecule has 3 nitrogen and oxygen atoms in total. The molecule has 0 saturated carbocycles. The number of aliphatic hydroxyl groups excluding tert-OH is 1. The Morgan fingerprint density at radius 2 is 1.95 bits per heavy atom. The van der Waals surface area contributed by atoms with E-state index in [1.807, 2.05) is 13.8 Å². The number of aromatic nitrogens is 2. The molecule has 114 valence electrons. The lowest BCUT2D eigenvalue weighted by Crippen LogP contribution is -2.11. The summed E-state index contributed by atoms with van der Waals surface area (Å²) in [6.45, 7) is 4.35. The van der Waals surface area contributed by atoms with Gasteiger partial charge in [0.1, 0.15) is 6.10 Å². The second-order valence-corrected chi connectivity index (χ2v) is 4.76. The fourth-order valence-electron chi connectivity index (χ4n) is 2.19. The maximum atomic E-state index is 12.7. The number of halogens is 3. The van der Waals surface area contributed by atoms with Crippen molar-refractivity contribution in [1.29, 1.82) is 0 Å². The van der Waals surface area contributed by atoms with Gasteiger partial charge in [-0.25, -0.2) is 0 Å². The van der Waals surface area contributed by atoms with Crippen molar-refractivity contribution in [3.8, 4) is 0 Å². The second kappa shape index (κ2) is 5.89. The molecule has 0 bridgehead atoms. The molecule has 0 spiro atoms. The average molecular weight is 298 g/mol. The molecule has 2 rings (SSSR count). The van der Waals surface area contributed by atoms with Gasteiger partial charge in [0, 0.05) is 6.54 Å². The summed E-state index contributed by atoms with van der Waals surface area (Å²) in [5.41, 5.74) is 0.756. The fraction of sp³-hybridized carbons (Fsp3) is 0.400. The molecule has 1 heterocycles. The maximum Gasteiger partial charge on any atom is 0.416 e. The summed E-state index contributed by atoms with van der Waals surface area (Å²) < 4.78 is 39.8. The topological polar surface area (TPSA) is 38.0 Å². The Morgan fingerprint density at radius 1 is 1.24 bits per heavy atom. The van der Waals surface area contributed by atoms with Crippen molar-refractivity contribution < 1.29 is 18.3 Å². The Kier molecular flexibility index (Phi) is 4.37. The molecule has 0 amide bonds. The minimum Gasteiger partial charge on any atom is -0.382 e. The molecule has 1 N–H and O–H groups in total. The highest BCUT2D eigenvalue weighted by molar-refractivity contribution is 5.32. The first kappa shape index (κ1) is 15.6. The van der Waals surface area contributed by atoms with Gasteiger partial charge < -0.3 is 5.11 Å². The molecule has 0 aliphatic heterocycles. The Labute approximate surface area is 121 Å². The first-order valence-corrected chi connectivity index (χ1v) is 6.78. The molecule has 1 atom stereocenters. The van der Waals surface area contributed by atoms with Gasteiger partial charge in [-0.1, -0.05) is 19.1 Å². The Hall–Kier alpha value is -1.82. The van der Waals surface area contributed by atoms with Crippen LogP contribution < -0.4 is 0 Å². The number of aliphatic hydroxyl groups is 1. The number of aryl methyl sites for hydroxylation is 2. The quantitative estimate of drug-likeness (QED) is 0.937. The van der Waals surface area contributed by atoms with Crippen molar-refractivity contribution in [3.63, 3.8) is 0 Å². The van der Waals surface area contributed by atoms with Crippen molar-refractivity contribution >= 4 is 0 Å². The number of nitrogens with zero attached hydrogens (tertiary/aromatic N) is 2. The zero-order chi connectivity index (χ0) is 15.6. The number of alkyl halides is 3. The van der Waals surface area contributed by atoms with Crippen LogP contribution in [-0.4, -0.2) is 14.9 Å². The van der Waals surface area contributed by atoms with Crippen LogP contribution in [0.5, 0.6) is 0 Å². The van der Waals surface area contributed by atoms with Crippen molar-refractivity contribution in [2.45, 2.75) is 39.1 Å². The van der Waals surface area contributed by atoms with E-state index in [-0.39, 0.29) is 5.56 Å². The first-order chi connectivity index (χ1) is 9.86. The third kappa shape index (κ3) is 3.26. The van der Waals surface area contributed by atoms with Crippen LogP contribution in [0.25, 0.3) is 0 Å². The number of hydrogen-bond acceptors (Lipinski definition) is 2. The summed E-state index contributed by atoms with van der Waals surface area (Å²) in [5.74, 6) is 0. The molecule has 0 aliphatic carbocycles. The smallest absolute Gasteiger partial charge is 0.382 e. The van der Waals surface area contributed by atoms with Crippen molar-refractivity contribution in [2.24, 2.45) is 0 Å². The molecule has 0 fully saturated rings. The molecule has 0 saturated heterocycles. The van der Waals surface area contributed by atoms with E-state index in [0.717, 1.165) is 17.8 Å². The molecule has 0 aliphatic rings. The van der Waals surface area contributed by atoms with Gasteiger partial charge in [0.2, 0.25) is 0 Å². The zero-order valence-corrected chi connectivity index (χ0v) is 11.9. The van der Waals surface area contributed by atoms with E-state index in [4.69, 9.17) is 0 Å². The van der Waals surface area contributed by atoms with E-state index in [0.29, 0.717) is 18.7 Å². The van der Waals surface area contributed by atoms with Gasteiger partial charge >= 0.3 is 6.18 Å². The highest BCUT2D eigenvalue weighted by atomic mass is 19.4. The predicted molar refractivity (Wildman–Crippen MR) is 72.8 cm³/mol. The largest absolute Gasteiger partial charge is 0.416 e. The first-order valence-electron chi connectivity index (χ1n) is 6.78. The SMILES string of the molecule is CCc1cc(C(O)c2cccc(C(F)(F)F)c2)n(CC)n1. The molecule has 1 unspecified atom stereocenters. The third-order valence-corrected chi connectivity index (χ3v) is 3.33. The van der Waals surface area contributed by atoms with Crippen molar-refractivity contribution in [2.75, 3.05) is 0 Å². The average Bonchev–Trinajstić information content (AvgIpc) is 2.89. The molecule has 6 heteroatoms. The summed E-state index contributed by atoms with van der Waals surface area (Å²) in [6.07, 6.45) is -4.84. The van der Waals surface area contributed by atoms with Gasteiger partial charge in [-0.3, -0.25) is 4.68 Å². The van der Waals surface area contributed by atoms with Gasteiger partial charge in [-0.2, -0.15) is 18.3 Å². The van der Waals surface area contributed by atoms with Crippen LogP contribution in [0, 0.1) is 0 Å². The molecule has 1 aromatic carbocycles.